The standard InChI is InChI=1S/C14H22N2O4S/c1-10(2)6-7-16-14(17)9-11-8-12(21(15,18)19)4-5-13(11)20-3/h4-5,8,10H,6-7,9H2,1-3H3,(H,16,17)(H2,15,18,19). The highest BCUT2D eigenvalue weighted by molar-refractivity contribution is 7.89. The Kier molecular flexibility index (Phi) is 6.17. The molecule has 6 nitrogen and oxygen atoms in total. The van der Waals surface area contributed by atoms with Gasteiger partial charge >= 0.3 is 0 Å². The molecule has 0 bridgehead atoms. The Morgan fingerprint density at radius 1 is 1.38 bits per heavy atom. The molecule has 0 spiro atoms. The molecular weight excluding hydrogens is 292 g/mol. The van der Waals surface area contributed by atoms with E-state index in [-0.39, 0.29) is 17.2 Å². The Morgan fingerprint density at radius 3 is 2.57 bits per heavy atom. The van der Waals surface area contributed by atoms with Crippen molar-refractivity contribution in [2.45, 2.75) is 31.6 Å². The molecule has 0 unspecified atom stereocenters. The van der Waals surface area contributed by atoms with Gasteiger partial charge in [-0.3, -0.25) is 4.79 Å². The highest BCUT2D eigenvalue weighted by atomic mass is 32.2. The Balaban J connectivity index is 2.83. The molecule has 1 aromatic carbocycles. The molecule has 0 aromatic heterocycles. The molecule has 0 radical (unpaired) electrons. The Hall–Kier alpha value is -1.60. The number of ether oxygens (including phenoxy) is 1. The number of methoxy groups -OCH3 is 1. The first-order valence-corrected chi connectivity index (χ1v) is 8.25. The summed E-state index contributed by atoms with van der Waals surface area (Å²) in [7, 11) is -2.34. The van der Waals surface area contributed by atoms with Crippen molar-refractivity contribution >= 4 is 15.9 Å². The maximum absolute atomic E-state index is 11.9. The molecule has 0 heterocycles. The van der Waals surface area contributed by atoms with Gasteiger partial charge in [-0.1, -0.05) is 13.8 Å². The molecule has 3 N–H and O–H groups in total. The lowest BCUT2D eigenvalue weighted by molar-refractivity contribution is -0.120. The van der Waals surface area contributed by atoms with Crippen molar-refractivity contribution in [2.75, 3.05) is 13.7 Å². The molecule has 0 fully saturated rings. The van der Waals surface area contributed by atoms with Crippen LogP contribution in [0.5, 0.6) is 5.75 Å². The van der Waals surface area contributed by atoms with Crippen LogP contribution in [-0.2, 0) is 21.2 Å². The lowest BCUT2D eigenvalue weighted by Gasteiger charge is -2.11. The van der Waals surface area contributed by atoms with Crippen molar-refractivity contribution in [1.82, 2.24) is 5.32 Å². The van der Waals surface area contributed by atoms with E-state index in [1.807, 2.05) is 0 Å². The van der Waals surface area contributed by atoms with Crippen LogP contribution in [-0.4, -0.2) is 28.0 Å². The van der Waals surface area contributed by atoms with Gasteiger partial charge in [0, 0.05) is 12.1 Å². The van der Waals surface area contributed by atoms with Crippen LogP contribution in [0.2, 0.25) is 0 Å². The van der Waals surface area contributed by atoms with Gasteiger partial charge in [0.05, 0.1) is 18.4 Å². The minimum absolute atomic E-state index is 0.0340. The number of carbonyl (C=O) groups is 1. The molecule has 0 aliphatic carbocycles. The fourth-order valence-electron chi connectivity index (χ4n) is 1.81. The van der Waals surface area contributed by atoms with Crippen LogP contribution >= 0.6 is 0 Å². The number of nitrogens with two attached hydrogens (primary N) is 1. The quantitative estimate of drug-likeness (QED) is 0.786. The lowest BCUT2D eigenvalue weighted by Crippen LogP contribution is -2.27. The van der Waals surface area contributed by atoms with Gasteiger partial charge in [-0.2, -0.15) is 0 Å². The zero-order chi connectivity index (χ0) is 16.0. The van der Waals surface area contributed by atoms with Crippen LogP contribution < -0.4 is 15.2 Å². The maximum atomic E-state index is 11.9. The first kappa shape index (κ1) is 17.5. The van der Waals surface area contributed by atoms with Crippen molar-refractivity contribution < 1.29 is 17.9 Å². The fourth-order valence-corrected chi connectivity index (χ4v) is 2.37. The predicted molar refractivity (Wildman–Crippen MR) is 80.5 cm³/mol. The zero-order valence-corrected chi connectivity index (χ0v) is 13.4. The molecule has 0 atom stereocenters. The second-order valence-corrected chi connectivity index (χ2v) is 6.79. The molecule has 1 amide bonds. The van der Waals surface area contributed by atoms with Gasteiger partial charge in [-0.05, 0) is 30.5 Å². The van der Waals surface area contributed by atoms with E-state index < -0.39 is 10.0 Å². The number of amides is 1. The van der Waals surface area contributed by atoms with Crippen LogP contribution in [0.25, 0.3) is 0 Å². The van der Waals surface area contributed by atoms with Gasteiger partial charge in [-0.15, -0.1) is 0 Å². The SMILES string of the molecule is COc1ccc(S(N)(=O)=O)cc1CC(=O)NCCC(C)C. The third kappa shape index (κ3) is 5.73. The maximum Gasteiger partial charge on any atom is 0.238 e. The van der Waals surface area contributed by atoms with E-state index in [0.29, 0.717) is 23.8 Å². The summed E-state index contributed by atoms with van der Waals surface area (Å²) in [6, 6.07) is 4.22. The summed E-state index contributed by atoms with van der Waals surface area (Å²) in [4.78, 5) is 11.8. The molecule has 1 rings (SSSR count). The molecule has 0 aliphatic rings. The summed E-state index contributed by atoms with van der Waals surface area (Å²) in [6.45, 7) is 4.74. The fraction of sp³-hybridized carbons (Fsp3) is 0.500. The smallest absolute Gasteiger partial charge is 0.238 e. The van der Waals surface area contributed by atoms with Crippen LogP contribution in [0.3, 0.4) is 0 Å². The van der Waals surface area contributed by atoms with E-state index in [9.17, 15) is 13.2 Å². The third-order valence-corrected chi connectivity index (χ3v) is 3.89. The van der Waals surface area contributed by atoms with E-state index in [4.69, 9.17) is 9.88 Å². The summed E-state index contributed by atoms with van der Waals surface area (Å²) >= 11 is 0. The number of primary sulfonamides is 1. The van der Waals surface area contributed by atoms with Gasteiger partial charge in [0.2, 0.25) is 15.9 Å². The van der Waals surface area contributed by atoms with Crippen molar-refractivity contribution in [3.8, 4) is 5.75 Å². The van der Waals surface area contributed by atoms with E-state index in [0.717, 1.165) is 6.42 Å². The van der Waals surface area contributed by atoms with Gasteiger partial charge in [0.25, 0.3) is 0 Å². The summed E-state index contributed by atoms with van der Waals surface area (Å²) in [5.41, 5.74) is 0.492. The first-order chi connectivity index (χ1) is 9.74. The number of nitrogens with one attached hydrogen (secondary N) is 1. The van der Waals surface area contributed by atoms with E-state index >= 15 is 0 Å². The monoisotopic (exact) mass is 314 g/mol. The molecular formula is C14H22N2O4S. The van der Waals surface area contributed by atoms with Crippen molar-refractivity contribution in [3.05, 3.63) is 23.8 Å². The van der Waals surface area contributed by atoms with Crippen molar-refractivity contribution in [2.24, 2.45) is 11.1 Å². The number of rotatable bonds is 7. The van der Waals surface area contributed by atoms with E-state index in [2.05, 4.69) is 19.2 Å². The average molecular weight is 314 g/mol. The number of benzene rings is 1. The lowest BCUT2D eigenvalue weighted by atomic mass is 10.1. The number of hydrogen-bond donors (Lipinski definition) is 2. The van der Waals surface area contributed by atoms with Gasteiger partial charge < -0.3 is 10.1 Å². The average Bonchev–Trinajstić information content (AvgIpc) is 2.37. The van der Waals surface area contributed by atoms with Gasteiger partial charge in [0.15, 0.2) is 0 Å². The molecule has 0 saturated heterocycles. The molecule has 118 valence electrons. The molecule has 21 heavy (non-hydrogen) atoms. The van der Waals surface area contributed by atoms with Crippen molar-refractivity contribution in [3.63, 3.8) is 0 Å². The largest absolute Gasteiger partial charge is 0.496 e. The minimum Gasteiger partial charge on any atom is -0.496 e. The summed E-state index contributed by atoms with van der Waals surface area (Å²) in [5.74, 6) is 0.785. The minimum atomic E-state index is -3.80. The number of hydrogen-bond acceptors (Lipinski definition) is 4. The zero-order valence-electron chi connectivity index (χ0n) is 12.5. The highest BCUT2D eigenvalue weighted by Gasteiger charge is 2.14. The Bertz CT molecular complexity index is 597. The van der Waals surface area contributed by atoms with Crippen LogP contribution in [0, 0.1) is 5.92 Å². The third-order valence-electron chi connectivity index (χ3n) is 2.98. The topological polar surface area (TPSA) is 98.5 Å². The summed E-state index contributed by atoms with van der Waals surface area (Å²) in [6.07, 6.45) is 0.935. The molecule has 0 aliphatic heterocycles. The highest BCUT2D eigenvalue weighted by Crippen LogP contribution is 2.22. The van der Waals surface area contributed by atoms with Gasteiger partial charge in [0.1, 0.15) is 5.75 Å². The van der Waals surface area contributed by atoms with Crippen LogP contribution in [0.4, 0.5) is 0 Å². The van der Waals surface area contributed by atoms with Crippen LogP contribution in [0.1, 0.15) is 25.8 Å². The molecule has 1 aromatic rings. The Morgan fingerprint density at radius 2 is 2.05 bits per heavy atom. The Labute approximate surface area is 125 Å². The van der Waals surface area contributed by atoms with E-state index in [1.54, 1.807) is 0 Å². The summed E-state index contributed by atoms with van der Waals surface area (Å²) < 4.78 is 27.8. The van der Waals surface area contributed by atoms with Crippen LogP contribution in [0.15, 0.2) is 23.1 Å². The van der Waals surface area contributed by atoms with Gasteiger partial charge in [-0.25, -0.2) is 13.6 Å². The second-order valence-electron chi connectivity index (χ2n) is 5.23. The predicted octanol–water partition coefficient (Wildman–Crippen LogP) is 1.05. The molecule has 0 saturated carbocycles. The second kappa shape index (κ2) is 7.42. The molecule has 7 heteroatoms. The van der Waals surface area contributed by atoms with E-state index in [1.165, 1.54) is 25.3 Å². The summed E-state index contributed by atoms with van der Waals surface area (Å²) in [5, 5.41) is 7.89. The normalized spacial score (nSPS) is 11.5. The number of carbonyl (C=O) groups excluding carboxylic acids is 1. The van der Waals surface area contributed by atoms with Crippen molar-refractivity contribution in [1.29, 1.82) is 0 Å². The first-order valence-electron chi connectivity index (χ1n) is 6.70. The number of sulfonamides is 1.